The molecular formula is C43H61NO4S2. The largest absolute Gasteiger partial charge is 0.313 e. The Morgan fingerprint density at radius 3 is 1.66 bits per heavy atom. The molecule has 0 aromatic rings. The second-order valence-electron chi connectivity index (χ2n) is 18.6. The van der Waals surface area contributed by atoms with Crippen LogP contribution in [0.25, 0.3) is 0 Å². The molecule has 0 aromatic carbocycles. The molecule has 0 unspecified atom stereocenters. The predicted octanol–water partition coefficient (Wildman–Crippen LogP) is 9.29. The van der Waals surface area contributed by atoms with Crippen molar-refractivity contribution in [3.63, 3.8) is 0 Å². The van der Waals surface area contributed by atoms with E-state index in [0.717, 1.165) is 101 Å². The van der Waals surface area contributed by atoms with E-state index in [1.807, 2.05) is 33.7 Å². The third-order valence-electron chi connectivity index (χ3n) is 16.6. The maximum atomic E-state index is 12.6. The zero-order chi connectivity index (χ0) is 34.9. The van der Waals surface area contributed by atoms with Crippen LogP contribution in [0.2, 0.25) is 0 Å². The summed E-state index contributed by atoms with van der Waals surface area (Å²) < 4.78 is 0. The number of hydrogen-bond acceptors (Lipinski definition) is 7. The molecule has 10 atom stereocenters. The molecule has 0 spiro atoms. The summed E-state index contributed by atoms with van der Waals surface area (Å²) in [6.45, 7) is 7.80. The number of carbonyl (C=O) groups excluding carboxylic acids is 4. The van der Waals surface area contributed by atoms with Crippen LogP contribution in [0.1, 0.15) is 136 Å². The van der Waals surface area contributed by atoms with Crippen LogP contribution in [0.15, 0.2) is 23.3 Å². The average Bonchev–Trinajstić information content (AvgIpc) is 3.82. The maximum Gasteiger partial charge on any atom is 0.155 e. The highest BCUT2D eigenvalue weighted by Gasteiger charge is 2.61. The van der Waals surface area contributed by atoms with E-state index in [1.165, 1.54) is 49.7 Å². The summed E-state index contributed by atoms with van der Waals surface area (Å²) in [6.07, 6.45) is 23.1. The van der Waals surface area contributed by atoms with Crippen molar-refractivity contribution in [2.24, 2.45) is 57.2 Å². The minimum Gasteiger partial charge on any atom is -0.313 e. The second kappa shape index (κ2) is 13.6. The van der Waals surface area contributed by atoms with Crippen molar-refractivity contribution >= 4 is 44.7 Å². The molecule has 7 fully saturated rings. The van der Waals surface area contributed by atoms with Gasteiger partial charge in [0.1, 0.15) is 11.6 Å². The molecule has 0 amide bonds. The number of hydrogen-bond donors (Lipinski definition) is 1. The molecule has 274 valence electrons. The number of nitrogens with one attached hydrogen (secondary N) is 1. The molecule has 0 aromatic heterocycles. The molecule has 7 heteroatoms. The molecule has 9 aliphatic rings. The fourth-order valence-electron chi connectivity index (χ4n) is 13.7. The first-order chi connectivity index (χ1) is 24.0. The fraction of sp³-hybridized carbons (Fsp3) is 0.814. The Morgan fingerprint density at radius 2 is 1.12 bits per heavy atom. The fourth-order valence-corrected chi connectivity index (χ4v) is 16.1. The van der Waals surface area contributed by atoms with Crippen LogP contribution < -0.4 is 5.32 Å². The van der Waals surface area contributed by atoms with Crippen LogP contribution in [0.5, 0.6) is 0 Å². The van der Waals surface area contributed by atoms with Crippen LogP contribution in [-0.4, -0.2) is 47.2 Å². The lowest BCUT2D eigenvalue weighted by molar-refractivity contribution is -0.133. The Bertz CT molecular complexity index is 1480. The molecule has 7 saturated carbocycles. The Balaban J connectivity index is 0.000000144. The van der Waals surface area contributed by atoms with E-state index in [9.17, 15) is 19.2 Å². The van der Waals surface area contributed by atoms with E-state index in [0.29, 0.717) is 58.6 Å². The summed E-state index contributed by atoms with van der Waals surface area (Å²) in [7, 11) is 3.98. The van der Waals surface area contributed by atoms with Crippen molar-refractivity contribution in [3.05, 3.63) is 23.3 Å². The van der Waals surface area contributed by atoms with Crippen LogP contribution in [0.3, 0.4) is 0 Å². The zero-order valence-corrected chi connectivity index (χ0v) is 32.6. The standard InChI is InChI=1S/C22H31NO2.C21H30O2S2/c1-21-10-9-19-17(18(21)6-7-20(21)25)5-2-14-12-16(24)8-11-22(14,19)13-23-15-3-4-15;1-3-24-25-13-21-11-8-15(22)12-14(21)4-5-16-17-6-7-19(23)20(17,2)10-9-18(16)21/h12,15,17-19,23H,2-11,13H2,1H3;12,16-18H,3-11,13H2,1-2H3/t17-,18-,19-,21-,22+;16-,17-,18-,20-,21+/m00/s1. The molecule has 0 saturated heterocycles. The van der Waals surface area contributed by atoms with Gasteiger partial charge in [0.05, 0.1) is 0 Å². The number of ketones is 4. The third kappa shape index (κ3) is 5.83. The number of fused-ring (bicyclic) bond motifs is 10. The van der Waals surface area contributed by atoms with Gasteiger partial charge in [0.15, 0.2) is 11.6 Å². The highest BCUT2D eigenvalue weighted by Crippen LogP contribution is 2.66. The molecule has 9 aliphatic carbocycles. The summed E-state index contributed by atoms with van der Waals surface area (Å²) in [5.74, 6) is 7.98. The third-order valence-corrected chi connectivity index (χ3v) is 19.2. The van der Waals surface area contributed by atoms with Gasteiger partial charge >= 0.3 is 0 Å². The first kappa shape index (κ1) is 35.8. The molecular weight excluding hydrogens is 659 g/mol. The van der Waals surface area contributed by atoms with Gasteiger partial charge in [0.25, 0.3) is 0 Å². The lowest BCUT2D eigenvalue weighted by atomic mass is 9.47. The van der Waals surface area contributed by atoms with Crippen LogP contribution >= 0.6 is 21.6 Å². The summed E-state index contributed by atoms with van der Waals surface area (Å²) in [5, 5.41) is 3.82. The Labute approximate surface area is 308 Å². The average molecular weight is 720 g/mol. The van der Waals surface area contributed by atoms with E-state index in [1.54, 1.807) is 0 Å². The molecule has 0 aliphatic heterocycles. The second-order valence-corrected chi connectivity index (χ2v) is 21.3. The van der Waals surface area contributed by atoms with Crippen LogP contribution in [-0.2, 0) is 19.2 Å². The van der Waals surface area contributed by atoms with Crippen molar-refractivity contribution in [2.45, 2.75) is 142 Å². The SMILES string of the molecule is CCSSC[C@]12CCC(=O)C=C1CC[C@@H]1[C@@H]2CC[C@]2(C)C(=O)CC[C@@H]12.C[C@]12CC[C@H]3[C@@H](CCC4=CC(=O)CC[C@@]43CNC3CC3)[C@@H]1CCC2=O. The van der Waals surface area contributed by atoms with Gasteiger partial charge in [-0.05, 0) is 138 Å². The normalized spacial score (nSPS) is 44.8. The number of allylic oxidation sites excluding steroid dienone is 1. The smallest absolute Gasteiger partial charge is 0.155 e. The molecule has 0 radical (unpaired) electrons. The number of carbonyl (C=O) groups is 4. The monoisotopic (exact) mass is 719 g/mol. The van der Waals surface area contributed by atoms with Crippen molar-refractivity contribution in [1.82, 2.24) is 5.32 Å². The van der Waals surface area contributed by atoms with Gasteiger partial charge in [-0.2, -0.15) is 0 Å². The lowest BCUT2D eigenvalue weighted by Gasteiger charge is -2.58. The minimum atomic E-state index is -0.0437. The summed E-state index contributed by atoms with van der Waals surface area (Å²) in [5.41, 5.74) is 3.26. The van der Waals surface area contributed by atoms with Gasteiger partial charge < -0.3 is 5.32 Å². The predicted molar refractivity (Wildman–Crippen MR) is 204 cm³/mol. The van der Waals surface area contributed by atoms with Gasteiger partial charge in [0, 0.05) is 71.4 Å². The van der Waals surface area contributed by atoms with Crippen molar-refractivity contribution in [2.75, 3.05) is 18.1 Å². The summed E-state index contributed by atoms with van der Waals surface area (Å²) in [4.78, 5) is 49.3. The first-order valence-corrected chi connectivity index (χ1v) is 23.0. The molecule has 1 N–H and O–H groups in total. The first-order valence-electron chi connectivity index (χ1n) is 20.6. The highest BCUT2D eigenvalue weighted by atomic mass is 33.1. The minimum absolute atomic E-state index is 0.0423. The van der Waals surface area contributed by atoms with Gasteiger partial charge in [-0.25, -0.2) is 0 Å². The topological polar surface area (TPSA) is 80.3 Å². The van der Waals surface area contributed by atoms with Crippen molar-refractivity contribution < 1.29 is 19.2 Å². The molecule has 0 heterocycles. The number of rotatable bonds is 7. The summed E-state index contributed by atoms with van der Waals surface area (Å²) in [6, 6.07) is 0.718. The zero-order valence-electron chi connectivity index (χ0n) is 31.0. The van der Waals surface area contributed by atoms with E-state index < -0.39 is 0 Å². The molecule has 50 heavy (non-hydrogen) atoms. The van der Waals surface area contributed by atoms with Gasteiger partial charge in [0.2, 0.25) is 0 Å². The van der Waals surface area contributed by atoms with E-state index in [-0.39, 0.29) is 21.7 Å². The van der Waals surface area contributed by atoms with Crippen LogP contribution in [0.4, 0.5) is 0 Å². The van der Waals surface area contributed by atoms with Gasteiger partial charge in [-0.15, -0.1) is 0 Å². The Morgan fingerprint density at radius 1 is 0.600 bits per heavy atom. The highest BCUT2D eigenvalue weighted by molar-refractivity contribution is 8.76. The Hall–Kier alpha value is -1.18. The lowest BCUT2D eigenvalue weighted by Crippen LogP contribution is -2.55. The van der Waals surface area contributed by atoms with Crippen molar-refractivity contribution in [1.29, 1.82) is 0 Å². The summed E-state index contributed by atoms with van der Waals surface area (Å²) >= 11 is 0. The molecule has 0 bridgehead atoms. The van der Waals surface area contributed by atoms with E-state index >= 15 is 0 Å². The van der Waals surface area contributed by atoms with Gasteiger partial charge in [-0.3, -0.25) is 19.2 Å². The Kier molecular flexibility index (Phi) is 9.74. The quantitative estimate of drug-likeness (QED) is 0.208. The van der Waals surface area contributed by atoms with Crippen LogP contribution in [0, 0.1) is 57.2 Å². The maximum absolute atomic E-state index is 12.6. The van der Waals surface area contributed by atoms with Crippen molar-refractivity contribution in [3.8, 4) is 0 Å². The molecule has 5 nitrogen and oxygen atoms in total. The number of Topliss-reactive ketones (excluding diaryl/α,β-unsaturated/α-hetero) is 2. The van der Waals surface area contributed by atoms with E-state index in [4.69, 9.17) is 0 Å². The van der Waals surface area contributed by atoms with Gasteiger partial charge in [-0.1, -0.05) is 53.5 Å². The molecule has 9 rings (SSSR count). The van der Waals surface area contributed by atoms with E-state index in [2.05, 4.69) is 26.1 Å².